The number of nitrogens with one attached hydrogen (secondary N) is 2. The monoisotopic (exact) mass is 330 g/mol. The van der Waals surface area contributed by atoms with Crippen LogP contribution in [0.4, 0.5) is 5.69 Å². The molecule has 1 aromatic heterocycles. The summed E-state index contributed by atoms with van der Waals surface area (Å²) in [6.45, 7) is 12.1. The zero-order chi connectivity index (χ0) is 17.0. The Bertz CT molecular complexity index is 671. The van der Waals surface area contributed by atoms with Gasteiger partial charge in [0.25, 0.3) is 0 Å². The molecule has 4 nitrogen and oxygen atoms in total. The molecule has 0 unspecified atom stereocenters. The lowest BCUT2D eigenvalue weighted by molar-refractivity contribution is 0.627. The van der Waals surface area contributed by atoms with Gasteiger partial charge in [-0.25, -0.2) is 0 Å². The first-order valence-electron chi connectivity index (χ1n) is 8.01. The largest absolute Gasteiger partial charge is 0.362 e. The van der Waals surface area contributed by atoms with Crippen molar-refractivity contribution in [3.05, 3.63) is 46.8 Å². The highest BCUT2D eigenvalue weighted by molar-refractivity contribution is 7.80. The van der Waals surface area contributed by atoms with Gasteiger partial charge in [0.2, 0.25) is 0 Å². The number of aromatic nitrogens is 2. The van der Waals surface area contributed by atoms with Gasteiger partial charge in [-0.1, -0.05) is 43.7 Å². The summed E-state index contributed by atoms with van der Waals surface area (Å²) < 4.78 is 2.02. The summed E-state index contributed by atoms with van der Waals surface area (Å²) in [5.41, 5.74) is 5.57. The van der Waals surface area contributed by atoms with Crippen LogP contribution in [0.1, 0.15) is 36.4 Å². The number of hydrogen-bond acceptors (Lipinski definition) is 2. The fourth-order valence-electron chi connectivity index (χ4n) is 2.35. The summed E-state index contributed by atoms with van der Waals surface area (Å²) in [5.74, 6) is 0.557. The van der Waals surface area contributed by atoms with Crippen LogP contribution < -0.4 is 10.6 Å². The van der Waals surface area contributed by atoms with Crippen molar-refractivity contribution in [3.8, 4) is 0 Å². The predicted molar refractivity (Wildman–Crippen MR) is 101 cm³/mol. The van der Waals surface area contributed by atoms with E-state index in [0.29, 0.717) is 11.0 Å². The first-order chi connectivity index (χ1) is 10.9. The number of nitrogens with zero attached hydrogens (tertiary/aromatic N) is 2. The van der Waals surface area contributed by atoms with Crippen LogP contribution >= 0.6 is 12.2 Å². The molecule has 124 valence electrons. The molecule has 1 aromatic carbocycles. The number of anilines is 1. The lowest BCUT2D eigenvalue weighted by Gasteiger charge is -2.12. The smallest absolute Gasteiger partial charge is 0.170 e. The van der Waals surface area contributed by atoms with Crippen LogP contribution in [-0.2, 0) is 6.54 Å². The van der Waals surface area contributed by atoms with Gasteiger partial charge in [0.15, 0.2) is 5.11 Å². The van der Waals surface area contributed by atoms with Crippen molar-refractivity contribution in [2.75, 3.05) is 11.9 Å². The van der Waals surface area contributed by atoms with E-state index in [9.17, 15) is 0 Å². The molecule has 2 N–H and O–H groups in total. The molecule has 0 aliphatic carbocycles. The van der Waals surface area contributed by atoms with E-state index >= 15 is 0 Å². The normalized spacial score (nSPS) is 10.9. The maximum atomic E-state index is 5.37. The van der Waals surface area contributed by atoms with Crippen molar-refractivity contribution in [2.45, 2.75) is 41.2 Å². The second-order valence-electron chi connectivity index (χ2n) is 6.42. The Balaban J connectivity index is 2.09. The summed E-state index contributed by atoms with van der Waals surface area (Å²) in [6.07, 6.45) is 0. The van der Waals surface area contributed by atoms with Crippen molar-refractivity contribution in [3.63, 3.8) is 0 Å². The van der Waals surface area contributed by atoms with Gasteiger partial charge in [-0.15, -0.1) is 0 Å². The zero-order valence-corrected chi connectivity index (χ0v) is 15.4. The third-order valence-corrected chi connectivity index (χ3v) is 3.99. The predicted octanol–water partition coefficient (Wildman–Crippen LogP) is 3.80. The van der Waals surface area contributed by atoms with Crippen LogP contribution in [0, 0.1) is 26.7 Å². The Morgan fingerprint density at radius 2 is 1.83 bits per heavy atom. The highest BCUT2D eigenvalue weighted by atomic mass is 32.1. The third kappa shape index (κ3) is 4.79. The van der Waals surface area contributed by atoms with Gasteiger partial charge >= 0.3 is 0 Å². The fourth-order valence-corrected chi connectivity index (χ4v) is 2.54. The average Bonchev–Trinajstić information content (AvgIpc) is 2.75. The van der Waals surface area contributed by atoms with Crippen molar-refractivity contribution < 1.29 is 0 Å². The molecular weight excluding hydrogens is 304 g/mol. The van der Waals surface area contributed by atoms with Crippen molar-refractivity contribution >= 4 is 23.0 Å². The molecule has 0 radical (unpaired) electrons. The number of rotatable bonds is 5. The Hall–Kier alpha value is -1.88. The molecule has 0 fully saturated rings. The van der Waals surface area contributed by atoms with E-state index in [-0.39, 0.29) is 0 Å². The molecule has 0 bridgehead atoms. The van der Waals surface area contributed by atoms with Gasteiger partial charge < -0.3 is 10.6 Å². The van der Waals surface area contributed by atoms with E-state index in [1.54, 1.807) is 0 Å². The second kappa shape index (κ2) is 7.59. The van der Waals surface area contributed by atoms with Gasteiger partial charge in [0.05, 0.1) is 23.6 Å². The van der Waals surface area contributed by atoms with E-state index in [1.807, 2.05) is 11.6 Å². The lowest BCUT2D eigenvalue weighted by atomic mass is 10.1. The lowest BCUT2D eigenvalue weighted by Crippen LogP contribution is -2.31. The molecule has 0 saturated heterocycles. The maximum Gasteiger partial charge on any atom is 0.170 e. The van der Waals surface area contributed by atoms with Crippen LogP contribution in [0.3, 0.4) is 0 Å². The molecule has 5 heteroatoms. The van der Waals surface area contributed by atoms with Crippen LogP contribution in [0.5, 0.6) is 0 Å². The molecule has 0 aliphatic heterocycles. The van der Waals surface area contributed by atoms with Crippen LogP contribution in [-0.4, -0.2) is 21.4 Å². The van der Waals surface area contributed by atoms with E-state index in [0.717, 1.165) is 30.2 Å². The van der Waals surface area contributed by atoms with E-state index in [2.05, 4.69) is 67.7 Å². The maximum absolute atomic E-state index is 5.37. The molecule has 0 aliphatic rings. The van der Waals surface area contributed by atoms with E-state index in [4.69, 9.17) is 12.2 Å². The summed E-state index contributed by atoms with van der Waals surface area (Å²) in [6, 6.07) is 8.55. The Labute approximate surface area is 144 Å². The second-order valence-corrected chi connectivity index (χ2v) is 6.83. The number of benzene rings is 1. The molecule has 2 rings (SSSR count). The molecule has 0 saturated carbocycles. The minimum Gasteiger partial charge on any atom is -0.362 e. The Morgan fingerprint density at radius 1 is 1.17 bits per heavy atom. The average molecular weight is 331 g/mol. The number of hydrogen-bond donors (Lipinski definition) is 2. The minimum absolute atomic E-state index is 0.557. The van der Waals surface area contributed by atoms with Crippen molar-refractivity contribution in [2.24, 2.45) is 5.92 Å². The molecule has 0 spiro atoms. The summed E-state index contributed by atoms with van der Waals surface area (Å²) in [4.78, 5) is 0. The quantitative estimate of drug-likeness (QED) is 0.818. The standard InChI is InChI=1S/C18H26N4S/c1-12(2)10-19-18(23)20-17-14(4)21-22(15(17)5)11-16-8-6-13(3)7-9-16/h6-9,12H,10-11H2,1-5H3,(H2,19,20,23). The summed E-state index contributed by atoms with van der Waals surface area (Å²) in [5, 5.41) is 11.8. The molecule has 1 heterocycles. The highest BCUT2D eigenvalue weighted by Crippen LogP contribution is 2.20. The van der Waals surface area contributed by atoms with Gasteiger partial charge in [-0.3, -0.25) is 4.68 Å². The third-order valence-electron chi connectivity index (χ3n) is 3.74. The van der Waals surface area contributed by atoms with E-state index < -0.39 is 0 Å². The topological polar surface area (TPSA) is 41.9 Å². The molecule has 0 amide bonds. The van der Waals surface area contributed by atoms with Crippen molar-refractivity contribution in [1.82, 2.24) is 15.1 Å². The SMILES string of the molecule is Cc1ccc(Cn2nc(C)c(NC(=S)NCC(C)C)c2C)cc1. The van der Waals surface area contributed by atoms with Crippen LogP contribution in [0.25, 0.3) is 0 Å². The molecule has 0 atom stereocenters. The minimum atomic E-state index is 0.557. The van der Waals surface area contributed by atoms with Gasteiger partial charge in [-0.2, -0.15) is 5.10 Å². The highest BCUT2D eigenvalue weighted by Gasteiger charge is 2.13. The summed E-state index contributed by atoms with van der Waals surface area (Å²) >= 11 is 5.37. The summed E-state index contributed by atoms with van der Waals surface area (Å²) in [7, 11) is 0. The van der Waals surface area contributed by atoms with Crippen LogP contribution in [0.15, 0.2) is 24.3 Å². The molecular formula is C18H26N4S. The van der Waals surface area contributed by atoms with Gasteiger partial charge in [0.1, 0.15) is 0 Å². The number of thiocarbonyl (C=S) groups is 1. The number of aryl methyl sites for hydroxylation is 2. The Kier molecular flexibility index (Phi) is 5.77. The van der Waals surface area contributed by atoms with E-state index in [1.165, 1.54) is 11.1 Å². The van der Waals surface area contributed by atoms with Crippen LogP contribution in [0.2, 0.25) is 0 Å². The Morgan fingerprint density at radius 3 is 2.43 bits per heavy atom. The molecule has 2 aromatic rings. The fraction of sp³-hybridized carbons (Fsp3) is 0.444. The van der Waals surface area contributed by atoms with Gasteiger partial charge in [0, 0.05) is 6.54 Å². The molecule has 23 heavy (non-hydrogen) atoms. The van der Waals surface area contributed by atoms with Gasteiger partial charge in [-0.05, 0) is 44.5 Å². The van der Waals surface area contributed by atoms with Crippen molar-refractivity contribution in [1.29, 1.82) is 0 Å². The first-order valence-corrected chi connectivity index (χ1v) is 8.42. The zero-order valence-electron chi connectivity index (χ0n) is 14.6. The first kappa shape index (κ1) is 17.5.